The SMILES string of the molecule is CC(C)(CCl)C(=O)N1CCC(Oc2cccnn2)CC1. The van der Waals surface area contributed by atoms with Gasteiger partial charge >= 0.3 is 0 Å². The maximum Gasteiger partial charge on any atom is 0.233 e. The minimum atomic E-state index is -0.500. The molecule has 0 atom stereocenters. The monoisotopic (exact) mass is 297 g/mol. The van der Waals surface area contributed by atoms with Gasteiger partial charge in [0.2, 0.25) is 11.8 Å². The van der Waals surface area contributed by atoms with Crippen LogP contribution in [-0.4, -0.2) is 46.1 Å². The van der Waals surface area contributed by atoms with Gasteiger partial charge in [-0.1, -0.05) is 0 Å². The van der Waals surface area contributed by atoms with Crippen LogP contribution >= 0.6 is 11.6 Å². The highest BCUT2D eigenvalue weighted by Gasteiger charge is 2.33. The lowest BCUT2D eigenvalue weighted by atomic mass is 9.93. The summed E-state index contributed by atoms with van der Waals surface area (Å²) >= 11 is 5.86. The highest BCUT2D eigenvalue weighted by atomic mass is 35.5. The van der Waals surface area contributed by atoms with E-state index >= 15 is 0 Å². The highest BCUT2D eigenvalue weighted by Crippen LogP contribution is 2.24. The number of amides is 1. The molecule has 1 amide bonds. The van der Waals surface area contributed by atoms with E-state index in [0.29, 0.717) is 24.8 Å². The second-order valence-electron chi connectivity index (χ2n) is 5.69. The van der Waals surface area contributed by atoms with Crippen molar-refractivity contribution in [2.75, 3.05) is 19.0 Å². The number of ether oxygens (including phenoxy) is 1. The van der Waals surface area contributed by atoms with Gasteiger partial charge in [0.05, 0.1) is 5.41 Å². The van der Waals surface area contributed by atoms with Gasteiger partial charge in [-0.25, -0.2) is 0 Å². The number of rotatable bonds is 4. The first kappa shape index (κ1) is 15.0. The molecule has 2 heterocycles. The number of nitrogens with zero attached hydrogens (tertiary/aromatic N) is 3. The smallest absolute Gasteiger partial charge is 0.233 e. The third kappa shape index (κ3) is 3.60. The van der Waals surface area contributed by atoms with Crippen LogP contribution in [0.15, 0.2) is 18.3 Å². The van der Waals surface area contributed by atoms with Gasteiger partial charge in [-0.3, -0.25) is 4.79 Å². The number of piperidine rings is 1. The number of hydrogen-bond donors (Lipinski definition) is 0. The molecule has 0 radical (unpaired) electrons. The van der Waals surface area contributed by atoms with E-state index in [2.05, 4.69) is 10.2 Å². The summed E-state index contributed by atoms with van der Waals surface area (Å²) in [6.07, 6.45) is 3.32. The summed E-state index contributed by atoms with van der Waals surface area (Å²) < 4.78 is 5.76. The van der Waals surface area contributed by atoms with E-state index in [4.69, 9.17) is 16.3 Å². The third-order valence-corrected chi connectivity index (χ3v) is 4.15. The normalized spacial score (nSPS) is 17.1. The molecule has 20 heavy (non-hydrogen) atoms. The molecule has 0 bridgehead atoms. The maximum absolute atomic E-state index is 12.3. The highest BCUT2D eigenvalue weighted by molar-refractivity contribution is 6.19. The lowest BCUT2D eigenvalue weighted by molar-refractivity contribution is -0.141. The Morgan fingerprint density at radius 1 is 1.50 bits per heavy atom. The Morgan fingerprint density at radius 3 is 2.75 bits per heavy atom. The number of hydrogen-bond acceptors (Lipinski definition) is 4. The topological polar surface area (TPSA) is 55.3 Å². The van der Waals surface area contributed by atoms with Crippen LogP contribution in [0.5, 0.6) is 5.88 Å². The van der Waals surface area contributed by atoms with Crippen LogP contribution in [0, 0.1) is 5.41 Å². The Balaban J connectivity index is 1.85. The van der Waals surface area contributed by atoms with Gasteiger partial charge in [0, 0.05) is 44.1 Å². The zero-order valence-electron chi connectivity index (χ0n) is 11.9. The summed E-state index contributed by atoms with van der Waals surface area (Å²) in [5.41, 5.74) is -0.500. The fourth-order valence-electron chi connectivity index (χ4n) is 2.18. The molecular formula is C14H20ClN3O2. The average molecular weight is 298 g/mol. The minimum absolute atomic E-state index is 0.0925. The summed E-state index contributed by atoms with van der Waals surface area (Å²) in [5, 5.41) is 7.69. The number of carbonyl (C=O) groups excluding carboxylic acids is 1. The van der Waals surface area contributed by atoms with E-state index in [0.717, 1.165) is 12.8 Å². The molecule has 1 aromatic rings. The molecule has 1 aliphatic rings. The van der Waals surface area contributed by atoms with Gasteiger partial charge in [-0.2, -0.15) is 5.10 Å². The number of aromatic nitrogens is 2. The first-order chi connectivity index (χ1) is 9.53. The molecule has 2 rings (SSSR count). The van der Waals surface area contributed by atoms with Gasteiger partial charge in [0.25, 0.3) is 0 Å². The quantitative estimate of drug-likeness (QED) is 0.799. The van der Waals surface area contributed by atoms with Crippen LogP contribution < -0.4 is 4.74 Å². The van der Waals surface area contributed by atoms with Crippen molar-refractivity contribution < 1.29 is 9.53 Å². The second-order valence-corrected chi connectivity index (χ2v) is 5.96. The standard InChI is InChI=1S/C14H20ClN3O2/c1-14(2,10-15)13(19)18-8-5-11(6-9-18)20-12-4-3-7-16-17-12/h3-4,7,11H,5-6,8-10H2,1-2H3. The van der Waals surface area contributed by atoms with Crippen molar-refractivity contribution >= 4 is 17.5 Å². The molecule has 1 fully saturated rings. The first-order valence-corrected chi connectivity index (χ1v) is 7.36. The molecule has 0 aromatic carbocycles. The zero-order chi connectivity index (χ0) is 14.6. The van der Waals surface area contributed by atoms with Crippen LogP contribution in [0.3, 0.4) is 0 Å². The predicted octanol–water partition coefficient (Wildman–Crippen LogP) is 2.11. The fourth-order valence-corrected chi connectivity index (χ4v) is 2.30. The molecule has 6 heteroatoms. The molecule has 110 valence electrons. The molecule has 0 aliphatic carbocycles. The fraction of sp³-hybridized carbons (Fsp3) is 0.643. The third-order valence-electron chi connectivity index (χ3n) is 3.48. The van der Waals surface area contributed by atoms with Crippen LogP contribution in [0.2, 0.25) is 0 Å². The number of likely N-dealkylation sites (tertiary alicyclic amines) is 1. The molecule has 5 nitrogen and oxygen atoms in total. The molecule has 0 N–H and O–H groups in total. The van der Waals surface area contributed by atoms with Gasteiger partial charge in [0.1, 0.15) is 6.10 Å². The van der Waals surface area contributed by atoms with Crippen molar-refractivity contribution in [2.45, 2.75) is 32.8 Å². The van der Waals surface area contributed by atoms with Crippen molar-refractivity contribution in [3.63, 3.8) is 0 Å². The van der Waals surface area contributed by atoms with E-state index in [1.54, 1.807) is 18.3 Å². The Bertz CT molecular complexity index is 445. The lowest BCUT2D eigenvalue weighted by Crippen LogP contribution is -2.47. The van der Waals surface area contributed by atoms with Crippen molar-refractivity contribution in [1.82, 2.24) is 15.1 Å². The summed E-state index contributed by atoms with van der Waals surface area (Å²) in [6.45, 7) is 5.16. The number of alkyl halides is 1. The maximum atomic E-state index is 12.3. The Morgan fingerprint density at radius 2 is 2.20 bits per heavy atom. The van der Waals surface area contributed by atoms with Gasteiger partial charge in [0.15, 0.2) is 0 Å². The average Bonchev–Trinajstić information content (AvgIpc) is 2.48. The molecule has 0 spiro atoms. The summed E-state index contributed by atoms with van der Waals surface area (Å²) in [6, 6.07) is 3.59. The second kappa shape index (κ2) is 6.39. The van der Waals surface area contributed by atoms with Gasteiger partial charge in [-0.05, 0) is 19.9 Å². The summed E-state index contributed by atoms with van der Waals surface area (Å²) in [4.78, 5) is 14.2. The van der Waals surface area contributed by atoms with Crippen LogP contribution in [0.25, 0.3) is 0 Å². The number of halogens is 1. The molecule has 0 unspecified atom stereocenters. The van der Waals surface area contributed by atoms with Crippen molar-refractivity contribution in [2.24, 2.45) is 5.41 Å². The molecule has 1 aromatic heterocycles. The first-order valence-electron chi connectivity index (χ1n) is 6.82. The van der Waals surface area contributed by atoms with E-state index in [9.17, 15) is 4.79 Å². The Labute approximate surface area is 124 Å². The van der Waals surface area contributed by atoms with E-state index in [-0.39, 0.29) is 12.0 Å². The predicted molar refractivity (Wildman–Crippen MR) is 76.8 cm³/mol. The molecule has 1 aliphatic heterocycles. The minimum Gasteiger partial charge on any atom is -0.473 e. The van der Waals surface area contributed by atoms with E-state index < -0.39 is 5.41 Å². The zero-order valence-corrected chi connectivity index (χ0v) is 12.6. The van der Waals surface area contributed by atoms with Crippen molar-refractivity contribution in [1.29, 1.82) is 0 Å². The lowest BCUT2D eigenvalue weighted by Gasteiger charge is -2.36. The summed E-state index contributed by atoms with van der Waals surface area (Å²) in [7, 11) is 0. The number of carbonyl (C=O) groups is 1. The van der Waals surface area contributed by atoms with Crippen LogP contribution in [0.1, 0.15) is 26.7 Å². The Kier molecular flexibility index (Phi) is 4.81. The van der Waals surface area contributed by atoms with Gasteiger partial charge < -0.3 is 9.64 Å². The largest absolute Gasteiger partial charge is 0.473 e. The van der Waals surface area contributed by atoms with Crippen LogP contribution in [0.4, 0.5) is 0 Å². The van der Waals surface area contributed by atoms with Crippen molar-refractivity contribution in [3.8, 4) is 5.88 Å². The van der Waals surface area contributed by atoms with E-state index in [1.165, 1.54) is 0 Å². The summed E-state index contributed by atoms with van der Waals surface area (Å²) in [5.74, 6) is 0.991. The van der Waals surface area contributed by atoms with Crippen LogP contribution in [-0.2, 0) is 4.79 Å². The Hall–Kier alpha value is -1.36. The van der Waals surface area contributed by atoms with Crippen molar-refractivity contribution in [3.05, 3.63) is 18.3 Å². The van der Waals surface area contributed by atoms with E-state index in [1.807, 2.05) is 18.7 Å². The molecule has 0 saturated carbocycles. The molecular weight excluding hydrogens is 278 g/mol. The van der Waals surface area contributed by atoms with Gasteiger partial charge in [-0.15, -0.1) is 16.7 Å². The molecule has 1 saturated heterocycles.